The Labute approximate surface area is 156 Å². The number of nitrogens with zero attached hydrogens (tertiary/aromatic N) is 3. The van der Waals surface area contributed by atoms with E-state index in [1.165, 1.54) is 0 Å². The summed E-state index contributed by atoms with van der Waals surface area (Å²) in [6.45, 7) is 10.2. The van der Waals surface area contributed by atoms with Crippen molar-refractivity contribution in [2.24, 2.45) is 0 Å². The molecule has 8 heteroatoms. The Morgan fingerprint density at radius 1 is 1.11 bits per heavy atom. The average Bonchev–Trinajstić information content (AvgIpc) is 2.58. The highest BCUT2D eigenvalue weighted by atomic mass is 19.4. The maximum Gasteiger partial charge on any atom is 0.451 e. The van der Waals surface area contributed by atoms with Gasteiger partial charge in [0.05, 0.1) is 17.7 Å². The van der Waals surface area contributed by atoms with Crippen molar-refractivity contribution in [3.05, 3.63) is 30.1 Å². The van der Waals surface area contributed by atoms with E-state index < -0.39 is 12.0 Å². The van der Waals surface area contributed by atoms with Gasteiger partial charge in [0.2, 0.25) is 5.82 Å². The van der Waals surface area contributed by atoms with Gasteiger partial charge in [-0.15, -0.1) is 0 Å². The SMILES string of the molecule is CC1CN(C(C)(C)CNc2nc(C(F)(F)F)nc3ccccc23)CC(C)O1. The molecule has 0 amide bonds. The molecule has 1 aromatic carbocycles. The van der Waals surface area contributed by atoms with Crippen LogP contribution >= 0.6 is 0 Å². The third-order valence-corrected chi connectivity index (χ3v) is 4.82. The van der Waals surface area contributed by atoms with E-state index in [-0.39, 0.29) is 29.1 Å². The molecule has 1 N–H and O–H groups in total. The van der Waals surface area contributed by atoms with E-state index >= 15 is 0 Å². The lowest BCUT2D eigenvalue weighted by Gasteiger charge is -2.45. The van der Waals surface area contributed by atoms with Crippen molar-refractivity contribution in [2.75, 3.05) is 25.0 Å². The average molecular weight is 382 g/mol. The van der Waals surface area contributed by atoms with Crippen LogP contribution in [0.15, 0.2) is 24.3 Å². The molecule has 0 spiro atoms. The van der Waals surface area contributed by atoms with Gasteiger partial charge in [0.25, 0.3) is 0 Å². The number of fused-ring (bicyclic) bond motifs is 1. The topological polar surface area (TPSA) is 50.3 Å². The van der Waals surface area contributed by atoms with E-state index in [4.69, 9.17) is 4.74 Å². The first-order chi connectivity index (χ1) is 12.6. The molecule has 2 heterocycles. The van der Waals surface area contributed by atoms with Crippen molar-refractivity contribution in [3.8, 4) is 0 Å². The minimum atomic E-state index is -4.59. The predicted molar refractivity (Wildman–Crippen MR) is 98.7 cm³/mol. The summed E-state index contributed by atoms with van der Waals surface area (Å²) in [5.41, 5.74) is -0.00901. The number of nitrogens with one attached hydrogen (secondary N) is 1. The molecule has 0 aliphatic carbocycles. The second-order valence-corrected chi connectivity index (χ2v) is 7.74. The van der Waals surface area contributed by atoms with Gasteiger partial charge in [0, 0.05) is 30.6 Å². The minimum absolute atomic E-state index is 0.115. The van der Waals surface area contributed by atoms with Gasteiger partial charge in [-0.1, -0.05) is 12.1 Å². The van der Waals surface area contributed by atoms with Crippen LogP contribution in [0.5, 0.6) is 0 Å². The molecular formula is C19H25F3N4O. The van der Waals surface area contributed by atoms with Crippen molar-refractivity contribution >= 4 is 16.7 Å². The number of para-hydroxylation sites is 1. The van der Waals surface area contributed by atoms with Crippen LogP contribution in [0, 0.1) is 0 Å². The second kappa shape index (κ2) is 7.24. The normalized spacial score (nSPS) is 22.2. The molecule has 27 heavy (non-hydrogen) atoms. The second-order valence-electron chi connectivity index (χ2n) is 7.74. The fraction of sp³-hybridized carbons (Fsp3) is 0.579. The Balaban J connectivity index is 1.85. The summed E-state index contributed by atoms with van der Waals surface area (Å²) in [5, 5.41) is 3.71. The number of morpholine rings is 1. The summed E-state index contributed by atoms with van der Waals surface area (Å²) < 4.78 is 45.3. The molecule has 3 rings (SSSR count). The number of halogens is 3. The molecule has 2 unspecified atom stereocenters. The van der Waals surface area contributed by atoms with Gasteiger partial charge in [-0.25, -0.2) is 9.97 Å². The van der Waals surface area contributed by atoms with E-state index in [0.717, 1.165) is 13.1 Å². The Hall–Kier alpha value is -1.93. The molecule has 1 fully saturated rings. The summed E-state index contributed by atoms with van der Waals surface area (Å²) >= 11 is 0. The maximum absolute atomic E-state index is 13.2. The maximum atomic E-state index is 13.2. The van der Waals surface area contributed by atoms with Gasteiger partial charge >= 0.3 is 6.18 Å². The van der Waals surface area contributed by atoms with Crippen LogP contribution in [-0.4, -0.2) is 52.2 Å². The van der Waals surface area contributed by atoms with Crippen LogP contribution in [0.1, 0.15) is 33.5 Å². The Morgan fingerprint density at radius 2 is 1.74 bits per heavy atom. The number of hydrogen-bond acceptors (Lipinski definition) is 5. The lowest BCUT2D eigenvalue weighted by atomic mass is 10.00. The molecule has 0 saturated carbocycles. The molecular weight excluding hydrogens is 357 g/mol. The number of alkyl halides is 3. The van der Waals surface area contributed by atoms with Crippen molar-refractivity contribution in [1.82, 2.24) is 14.9 Å². The zero-order valence-electron chi connectivity index (χ0n) is 16.0. The summed E-state index contributed by atoms with van der Waals surface area (Å²) in [6.07, 6.45) is -4.36. The summed E-state index contributed by atoms with van der Waals surface area (Å²) in [4.78, 5) is 9.72. The van der Waals surface area contributed by atoms with Crippen molar-refractivity contribution in [2.45, 2.75) is 51.6 Å². The van der Waals surface area contributed by atoms with Gasteiger partial charge in [0.1, 0.15) is 5.82 Å². The molecule has 0 bridgehead atoms. The third-order valence-electron chi connectivity index (χ3n) is 4.82. The Kier molecular flexibility index (Phi) is 5.31. The van der Waals surface area contributed by atoms with Gasteiger partial charge in [-0.2, -0.15) is 13.2 Å². The molecule has 1 aliphatic heterocycles. The smallest absolute Gasteiger partial charge is 0.373 e. The van der Waals surface area contributed by atoms with E-state index in [0.29, 0.717) is 11.9 Å². The molecule has 2 aromatic rings. The van der Waals surface area contributed by atoms with Crippen molar-refractivity contribution in [3.63, 3.8) is 0 Å². The number of anilines is 1. The number of benzene rings is 1. The first-order valence-electron chi connectivity index (χ1n) is 9.04. The first kappa shape index (κ1) is 19.8. The number of rotatable bonds is 4. The largest absolute Gasteiger partial charge is 0.451 e. The Bertz CT molecular complexity index is 799. The fourth-order valence-electron chi connectivity index (χ4n) is 3.42. The van der Waals surface area contributed by atoms with Crippen LogP contribution in [0.3, 0.4) is 0 Å². The zero-order valence-corrected chi connectivity index (χ0v) is 16.0. The van der Waals surface area contributed by atoms with Crippen LogP contribution in [-0.2, 0) is 10.9 Å². The van der Waals surface area contributed by atoms with E-state index in [1.54, 1.807) is 24.3 Å². The van der Waals surface area contributed by atoms with Crippen LogP contribution in [0.25, 0.3) is 10.9 Å². The quantitative estimate of drug-likeness (QED) is 0.868. The van der Waals surface area contributed by atoms with Gasteiger partial charge < -0.3 is 10.1 Å². The third kappa shape index (κ3) is 4.50. The minimum Gasteiger partial charge on any atom is -0.373 e. The molecule has 148 valence electrons. The highest BCUT2D eigenvalue weighted by Crippen LogP contribution is 2.31. The van der Waals surface area contributed by atoms with Crippen LogP contribution in [0.4, 0.5) is 19.0 Å². The van der Waals surface area contributed by atoms with E-state index in [9.17, 15) is 13.2 Å². The molecule has 0 radical (unpaired) electrons. The van der Waals surface area contributed by atoms with Crippen LogP contribution in [0.2, 0.25) is 0 Å². The monoisotopic (exact) mass is 382 g/mol. The Morgan fingerprint density at radius 3 is 2.37 bits per heavy atom. The first-order valence-corrected chi connectivity index (χ1v) is 9.04. The fourth-order valence-corrected chi connectivity index (χ4v) is 3.42. The van der Waals surface area contributed by atoms with E-state index in [1.807, 2.05) is 13.8 Å². The highest BCUT2D eigenvalue weighted by molar-refractivity contribution is 5.89. The summed E-state index contributed by atoms with van der Waals surface area (Å²) in [7, 11) is 0. The predicted octanol–water partition coefficient (Wildman–Crippen LogP) is 3.95. The van der Waals surface area contributed by atoms with Gasteiger partial charge in [-0.3, -0.25) is 4.90 Å². The van der Waals surface area contributed by atoms with Crippen molar-refractivity contribution < 1.29 is 17.9 Å². The lowest BCUT2D eigenvalue weighted by Crippen LogP contribution is -2.57. The number of aromatic nitrogens is 2. The van der Waals surface area contributed by atoms with E-state index in [2.05, 4.69) is 34.0 Å². The molecule has 1 aliphatic rings. The molecule has 2 atom stereocenters. The summed E-state index contributed by atoms with van der Waals surface area (Å²) in [6, 6.07) is 6.72. The van der Waals surface area contributed by atoms with Crippen LogP contribution < -0.4 is 5.32 Å². The van der Waals surface area contributed by atoms with Crippen molar-refractivity contribution in [1.29, 1.82) is 0 Å². The number of ether oxygens (including phenoxy) is 1. The molecule has 1 aromatic heterocycles. The zero-order chi connectivity index (χ0) is 19.8. The number of hydrogen-bond donors (Lipinski definition) is 1. The van der Waals surface area contributed by atoms with Gasteiger partial charge in [-0.05, 0) is 39.8 Å². The summed E-state index contributed by atoms with van der Waals surface area (Å²) in [5.74, 6) is -0.925. The lowest BCUT2D eigenvalue weighted by molar-refractivity contribution is -0.144. The molecule has 1 saturated heterocycles. The van der Waals surface area contributed by atoms with Gasteiger partial charge in [0.15, 0.2) is 0 Å². The molecule has 5 nitrogen and oxygen atoms in total. The standard InChI is InChI=1S/C19H25F3N4O/c1-12-9-26(10-13(2)27-12)18(3,4)11-23-16-14-7-5-6-8-15(14)24-17(25-16)19(20,21)22/h5-8,12-13H,9-11H2,1-4H3,(H,23,24,25). The highest BCUT2D eigenvalue weighted by Gasteiger charge is 2.36.